The van der Waals surface area contributed by atoms with Gasteiger partial charge in [0.25, 0.3) is 0 Å². The van der Waals surface area contributed by atoms with Crippen molar-refractivity contribution in [2.45, 2.75) is 30.9 Å². The molecule has 1 amide bonds. The molecule has 0 saturated carbocycles. The van der Waals surface area contributed by atoms with E-state index in [1.807, 2.05) is 54.2 Å². The van der Waals surface area contributed by atoms with Gasteiger partial charge in [0.2, 0.25) is 5.91 Å². The Bertz CT molecular complexity index is 820. The van der Waals surface area contributed by atoms with Crippen molar-refractivity contribution in [2.75, 3.05) is 5.32 Å². The van der Waals surface area contributed by atoms with Crippen LogP contribution in [-0.4, -0.2) is 25.9 Å². The minimum absolute atomic E-state index is 0.0229. The molecule has 1 N–H and O–H groups in total. The molecule has 5 nitrogen and oxygen atoms in total. The first-order chi connectivity index (χ1) is 12.7. The van der Waals surface area contributed by atoms with E-state index in [4.69, 9.17) is 0 Å². The number of rotatable bonds is 8. The zero-order chi connectivity index (χ0) is 18.2. The molecule has 3 aromatic rings. The van der Waals surface area contributed by atoms with E-state index in [-0.39, 0.29) is 11.2 Å². The average molecular weight is 366 g/mol. The molecule has 1 atom stereocenters. The van der Waals surface area contributed by atoms with Crippen LogP contribution in [0, 0.1) is 0 Å². The van der Waals surface area contributed by atoms with Gasteiger partial charge in [-0.05, 0) is 36.6 Å². The molecule has 0 spiro atoms. The van der Waals surface area contributed by atoms with Crippen LogP contribution in [0.4, 0.5) is 5.82 Å². The molecule has 0 fully saturated rings. The lowest BCUT2D eigenvalue weighted by Gasteiger charge is -2.10. The van der Waals surface area contributed by atoms with Crippen LogP contribution >= 0.6 is 11.8 Å². The Morgan fingerprint density at radius 2 is 1.88 bits per heavy atom. The van der Waals surface area contributed by atoms with E-state index in [0.717, 1.165) is 18.7 Å². The molecular weight excluding hydrogens is 344 g/mol. The summed E-state index contributed by atoms with van der Waals surface area (Å²) in [5.74, 6) is 1.39. The van der Waals surface area contributed by atoms with Crippen molar-refractivity contribution in [3.63, 3.8) is 0 Å². The molecule has 0 aliphatic heterocycles. The summed E-state index contributed by atoms with van der Waals surface area (Å²) in [6.07, 6.45) is 6.34. The van der Waals surface area contributed by atoms with Crippen LogP contribution in [-0.2, 0) is 23.5 Å². The van der Waals surface area contributed by atoms with Crippen molar-refractivity contribution < 1.29 is 4.79 Å². The highest BCUT2D eigenvalue weighted by Gasteiger charge is 2.14. The first-order valence-corrected chi connectivity index (χ1v) is 9.64. The van der Waals surface area contributed by atoms with E-state index in [2.05, 4.69) is 27.5 Å². The van der Waals surface area contributed by atoms with Crippen molar-refractivity contribution in [2.24, 2.45) is 0 Å². The molecule has 0 unspecified atom stereocenters. The summed E-state index contributed by atoms with van der Waals surface area (Å²) in [4.78, 5) is 16.4. The second-order valence-electron chi connectivity index (χ2n) is 6.00. The number of pyridine rings is 1. The molecule has 0 aliphatic carbocycles. The summed E-state index contributed by atoms with van der Waals surface area (Å²) < 4.78 is 1.85. The number of nitrogens with zero attached hydrogens (tertiary/aromatic N) is 3. The summed E-state index contributed by atoms with van der Waals surface area (Å²) >= 11 is 1.62. The largest absolute Gasteiger partial charge is 0.308 e. The highest BCUT2D eigenvalue weighted by molar-refractivity contribution is 7.99. The van der Waals surface area contributed by atoms with Gasteiger partial charge < -0.3 is 5.32 Å². The Labute approximate surface area is 157 Å². The Hall–Kier alpha value is -2.60. The van der Waals surface area contributed by atoms with Crippen LogP contribution in [0.3, 0.4) is 0 Å². The number of carbonyl (C=O) groups is 1. The lowest BCUT2D eigenvalue weighted by molar-refractivity contribution is -0.115. The van der Waals surface area contributed by atoms with Gasteiger partial charge in [-0.25, -0.2) is 0 Å². The molecule has 2 heterocycles. The Morgan fingerprint density at radius 1 is 1.12 bits per heavy atom. The van der Waals surface area contributed by atoms with E-state index in [1.165, 1.54) is 11.1 Å². The molecule has 6 heteroatoms. The molecule has 26 heavy (non-hydrogen) atoms. The SMILES string of the molecule is C[C@H](SCc1ccccc1)C(=O)Nc1ccn(CCc2ccncc2)n1. The fourth-order valence-corrected chi connectivity index (χ4v) is 3.29. The van der Waals surface area contributed by atoms with Crippen molar-refractivity contribution >= 4 is 23.5 Å². The number of nitrogens with one attached hydrogen (secondary N) is 1. The molecule has 0 saturated heterocycles. The monoisotopic (exact) mass is 366 g/mol. The van der Waals surface area contributed by atoms with E-state index in [1.54, 1.807) is 24.2 Å². The minimum Gasteiger partial charge on any atom is -0.308 e. The van der Waals surface area contributed by atoms with E-state index in [0.29, 0.717) is 5.82 Å². The normalized spacial score (nSPS) is 11.9. The van der Waals surface area contributed by atoms with Crippen molar-refractivity contribution in [3.05, 3.63) is 78.2 Å². The van der Waals surface area contributed by atoms with Crippen LogP contribution in [0.5, 0.6) is 0 Å². The molecule has 2 aromatic heterocycles. The number of thioether (sulfide) groups is 1. The van der Waals surface area contributed by atoms with Crippen LogP contribution in [0.15, 0.2) is 67.1 Å². The lowest BCUT2D eigenvalue weighted by Crippen LogP contribution is -2.23. The zero-order valence-electron chi connectivity index (χ0n) is 14.7. The number of amides is 1. The van der Waals surface area contributed by atoms with Gasteiger partial charge in [0.05, 0.1) is 5.25 Å². The first-order valence-electron chi connectivity index (χ1n) is 8.59. The maximum absolute atomic E-state index is 12.3. The summed E-state index contributed by atoms with van der Waals surface area (Å²) in [6, 6.07) is 16.0. The third kappa shape index (κ3) is 5.46. The number of aromatic nitrogens is 3. The Balaban J connectivity index is 1.46. The first kappa shape index (κ1) is 18.2. The Kier molecular flexibility index (Phi) is 6.44. The zero-order valence-corrected chi connectivity index (χ0v) is 15.5. The number of hydrogen-bond acceptors (Lipinski definition) is 4. The summed E-state index contributed by atoms with van der Waals surface area (Å²) in [5.41, 5.74) is 2.43. The van der Waals surface area contributed by atoms with Gasteiger partial charge in [-0.2, -0.15) is 5.10 Å². The number of benzene rings is 1. The fraction of sp³-hybridized carbons (Fsp3) is 0.250. The second-order valence-corrected chi connectivity index (χ2v) is 7.33. The minimum atomic E-state index is -0.142. The molecule has 0 aliphatic rings. The van der Waals surface area contributed by atoms with Gasteiger partial charge in [0, 0.05) is 37.0 Å². The highest BCUT2D eigenvalue weighted by atomic mass is 32.2. The predicted molar refractivity (Wildman–Crippen MR) is 106 cm³/mol. The third-order valence-corrected chi connectivity index (χ3v) is 5.20. The van der Waals surface area contributed by atoms with Gasteiger partial charge in [-0.1, -0.05) is 30.3 Å². The maximum atomic E-state index is 12.3. The van der Waals surface area contributed by atoms with Crippen LogP contribution in [0.2, 0.25) is 0 Å². The molecule has 134 valence electrons. The number of carbonyl (C=O) groups excluding carboxylic acids is 1. The summed E-state index contributed by atoms with van der Waals surface area (Å²) in [5, 5.41) is 7.18. The number of anilines is 1. The topological polar surface area (TPSA) is 59.8 Å². The molecular formula is C20H22N4OS. The van der Waals surface area contributed by atoms with Crippen LogP contribution < -0.4 is 5.32 Å². The quantitative estimate of drug-likeness (QED) is 0.659. The average Bonchev–Trinajstić information content (AvgIpc) is 3.13. The molecule has 1 aromatic carbocycles. The lowest BCUT2D eigenvalue weighted by atomic mass is 10.2. The fourth-order valence-electron chi connectivity index (χ4n) is 2.44. The molecule has 3 rings (SSSR count). The van der Waals surface area contributed by atoms with Crippen LogP contribution in [0.1, 0.15) is 18.1 Å². The third-order valence-electron chi connectivity index (χ3n) is 3.98. The summed E-state index contributed by atoms with van der Waals surface area (Å²) in [7, 11) is 0. The molecule has 0 radical (unpaired) electrons. The summed E-state index contributed by atoms with van der Waals surface area (Å²) in [6.45, 7) is 2.68. The van der Waals surface area contributed by atoms with Gasteiger partial charge >= 0.3 is 0 Å². The van der Waals surface area contributed by atoms with Crippen LogP contribution in [0.25, 0.3) is 0 Å². The Morgan fingerprint density at radius 3 is 2.65 bits per heavy atom. The van der Waals surface area contributed by atoms with Crippen molar-refractivity contribution in [3.8, 4) is 0 Å². The number of aryl methyl sites for hydroxylation is 2. The van der Waals surface area contributed by atoms with Gasteiger partial charge in [-0.15, -0.1) is 11.8 Å². The molecule has 0 bridgehead atoms. The van der Waals surface area contributed by atoms with E-state index < -0.39 is 0 Å². The standard InChI is InChI=1S/C20H22N4OS/c1-16(26-15-18-5-3-2-4-6-18)20(25)22-19-10-14-24(23-19)13-9-17-7-11-21-12-8-17/h2-8,10-12,14,16H,9,13,15H2,1H3,(H,22,23,25)/t16-/m0/s1. The van der Waals surface area contributed by atoms with E-state index in [9.17, 15) is 4.79 Å². The van der Waals surface area contributed by atoms with Gasteiger partial charge in [0.1, 0.15) is 0 Å². The van der Waals surface area contributed by atoms with Gasteiger partial charge in [0.15, 0.2) is 5.82 Å². The second kappa shape index (κ2) is 9.20. The van der Waals surface area contributed by atoms with Crippen molar-refractivity contribution in [1.82, 2.24) is 14.8 Å². The van der Waals surface area contributed by atoms with E-state index >= 15 is 0 Å². The number of hydrogen-bond donors (Lipinski definition) is 1. The maximum Gasteiger partial charge on any atom is 0.238 e. The van der Waals surface area contributed by atoms with Gasteiger partial charge in [-0.3, -0.25) is 14.5 Å². The smallest absolute Gasteiger partial charge is 0.238 e. The highest BCUT2D eigenvalue weighted by Crippen LogP contribution is 2.18. The van der Waals surface area contributed by atoms with Crippen molar-refractivity contribution in [1.29, 1.82) is 0 Å². The predicted octanol–water partition coefficient (Wildman–Crippen LogP) is 3.78.